The Morgan fingerprint density at radius 3 is 2.43 bits per heavy atom. The van der Waals surface area contributed by atoms with Gasteiger partial charge in [-0.05, 0) is 41.9 Å². The largest absolute Gasteiger partial charge is 0.481 e. The third-order valence-electron chi connectivity index (χ3n) is 5.21. The Morgan fingerprint density at radius 2 is 2.07 bits per heavy atom. The van der Waals surface area contributed by atoms with E-state index in [1.54, 1.807) is 0 Å². The molecule has 0 unspecified atom stereocenters. The first kappa shape index (κ1) is 10.0. The van der Waals surface area contributed by atoms with Crippen molar-refractivity contribution in [2.45, 2.75) is 46.5 Å². The number of fused-ring (bicyclic) bond motifs is 2. The summed E-state index contributed by atoms with van der Waals surface area (Å²) in [6.45, 7) is 6.99. The Bertz CT molecular complexity index is 267. The van der Waals surface area contributed by atoms with Crippen LogP contribution >= 0.6 is 0 Å². The van der Waals surface area contributed by atoms with Gasteiger partial charge in [0, 0.05) is 6.42 Å². The average Bonchev–Trinajstić information content (AvgIpc) is 2.31. The summed E-state index contributed by atoms with van der Waals surface area (Å²) in [5.41, 5.74) is 0.755. The van der Waals surface area contributed by atoms with Crippen LogP contribution in [0.25, 0.3) is 0 Å². The summed E-state index contributed by atoms with van der Waals surface area (Å²) >= 11 is 0. The molecule has 0 spiro atoms. The summed E-state index contributed by atoms with van der Waals surface area (Å²) < 4.78 is 0. The molecule has 14 heavy (non-hydrogen) atoms. The van der Waals surface area contributed by atoms with E-state index in [-0.39, 0.29) is 0 Å². The first-order valence-corrected chi connectivity index (χ1v) is 5.59. The molecule has 2 aliphatic carbocycles. The zero-order chi connectivity index (χ0) is 10.6. The van der Waals surface area contributed by atoms with E-state index < -0.39 is 5.97 Å². The van der Waals surface area contributed by atoms with Crippen LogP contribution in [0.2, 0.25) is 0 Å². The van der Waals surface area contributed by atoms with E-state index in [0.717, 1.165) is 6.42 Å². The van der Waals surface area contributed by atoms with E-state index in [2.05, 4.69) is 20.8 Å². The van der Waals surface area contributed by atoms with Crippen molar-refractivity contribution in [1.82, 2.24) is 0 Å². The minimum atomic E-state index is -0.623. The maximum absolute atomic E-state index is 10.7. The van der Waals surface area contributed by atoms with Crippen LogP contribution in [0, 0.1) is 22.7 Å². The summed E-state index contributed by atoms with van der Waals surface area (Å²) in [7, 11) is 0. The molecule has 2 fully saturated rings. The SMILES string of the molecule is CC1(C)[C@@H]2CC[C@@]1(C)C[C@@H]2CC(=O)O. The Hall–Kier alpha value is -0.530. The number of hydrogen-bond acceptors (Lipinski definition) is 1. The molecule has 2 nitrogen and oxygen atoms in total. The van der Waals surface area contributed by atoms with Gasteiger partial charge in [-0.1, -0.05) is 20.8 Å². The van der Waals surface area contributed by atoms with Crippen LogP contribution in [0.3, 0.4) is 0 Å². The fraction of sp³-hybridized carbons (Fsp3) is 0.917. The fourth-order valence-corrected chi connectivity index (χ4v) is 3.95. The minimum Gasteiger partial charge on any atom is -0.481 e. The zero-order valence-electron chi connectivity index (χ0n) is 9.34. The third kappa shape index (κ3) is 1.12. The third-order valence-corrected chi connectivity index (χ3v) is 5.21. The van der Waals surface area contributed by atoms with Gasteiger partial charge in [0.2, 0.25) is 0 Å². The highest BCUT2D eigenvalue weighted by molar-refractivity contribution is 5.67. The molecule has 2 aliphatic rings. The van der Waals surface area contributed by atoms with Crippen LogP contribution in [0.15, 0.2) is 0 Å². The van der Waals surface area contributed by atoms with Gasteiger partial charge in [0.05, 0.1) is 0 Å². The van der Waals surface area contributed by atoms with Crippen LogP contribution in [0.4, 0.5) is 0 Å². The van der Waals surface area contributed by atoms with Gasteiger partial charge in [-0.2, -0.15) is 0 Å². The topological polar surface area (TPSA) is 37.3 Å². The second kappa shape index (κ2) is 2.74. The van der Waals surface area contributed by atoms with E-state index in [1.165, 1.54) is 12.8 Å². The van der Waals surface area contributed by atoms with E-state index in [0.29, 0.717) is 29.1 Å². The van der Waals surface area contributed by atoms with Crippen molar-refractivity contribution >= 4 is 5.97 Å². The van der Waals surface area contributed by atoms with Gasteiger partial charge >= 0.3 is 5.97 Å². The van der Waals surface area contributed by atoms with Crippen molar-refractivity contribution in [1.29, 1.82) is 0 Å². The van der Waals surface area contributed by atoms with Crippen molar-refractivity contribution < 1.29 is 9.90 Å². The second-order valence-corrected chi connectivity index (χ2v) is 5.99. The molecule has 2 saturated carbocycles. The Labute approximate surface area is 85.7 Å². The lowest BCUT2D eigenvalue weighted by molar-refractivity contribution is -0.138. The summed E-state index contributed by atoms with van der Waals surface area (Å²) in [6, 6.07) is 0. The van der Waals surface area contributed by atoms with Crippen LogP contribution in [0.5, 0.6) is 0 Å². The van der Waals surface area contributed by atoms with Gasteiger partial charge in [-0.3, -0.25) is 4.79 Å². The van der Waals surface area contributed by atoms with Gasteiger partial charge < -0.3 is 5.11 Å². The molecule has 0 aromatic carbocycles. The summed E-state index contributed by atoms with van der Waals surface area (Å²) in [5.74, 6) is 0.451. The molecule has 0 aliphatic heterocycles. The number of hydrogen-bond donors (Lipinski definition) is 1. The fourth-order valence-electron chi connectivity index (χ4n) is 3.95. The minimum absolute atomic E-state index is 0.354. The highest BCUT2D eigenvalue weighted by Crippen LogP contribution is 2.68. The predicted molar refractivity (Wildman–Crippen MR) is 55.0 cm³/mol. The van der Waals surface area contributed by atoms with Crippen LogP contribution in [-0.2, 0) is 4.79 Å². The molecule has 0 heterocycles. The van der Waals surface area contributed by atoms with Crippen LogP contribution in [-0.4, -0.2) is 11.1 Å². The predicted octanol–water partition coefficient (Wildman–Crippen LogP) is 2.92. The van der Waals surface area contributed by atoms with Gasteiger partial charge in [-0.25, -0.2) is 0 Å². The zero-order valence-corrected chi connectivity index (χ0v) is 9.34. The maximum atomic E-state index is 10.7. The van der Waals surface area contributed by atoms with Gasteiger partial charge in [0.25, 0.3) is 0 Å². The smallest absolute Gasteiger partial charge is 0.303 e. The van der Waals surface area contributed by atoms with E-state index in [9.17, 15) is 4.79 Å². The molecule has 1 N–H and O–H groups in total. The first-order chi connectivity index (χ1) is 6.37. The number of aliphatic carboxylic acids is 1. The van der Waals surface area contributed by atoms with Crippen molar-refractivity contribution in [3.05, 3.63) is 0 Å². The molecule has 0 aromatic rings. The average molecular weight is 196 g/mol. The van der Waals surface area contributed by atoms with Crippen LogP contribution in [0.1, 0.15) is 46.5 Å². The second-order valence-electron chi connectivity index (χ2n) is 5.99. The molecular formula is C12H20O2. The van der Waals surface area contributed by atoms with Gasteiger partial charge in [-0.15, -0.1) is 0 Å². The Morgan fingerprint density at radius 1 is 1.43 bits per heavy atom. The molecule has 2 rings (SSSR count). The van der Waals surface area contributed by atoms with Gasteiger partial charge in [0.15, 0.2) is 0 Å². The van der Waals surface area contributed by atoms with Crippen molar-refractivity contribution in [2.75, 3.05) is 0 Å². The van der Waals surface area contributed by atoms with E-state index in [1.807, 2.05) is 0 Å². The summed E-state index contributed by atoms with van der Waals surface area (Å²) in [5, 5.41) is 8.86. The molecule has 0 radical (unpaired) electrons. The highest BCUT2D eigenvalue weighted by atomic mass is 16.4. The van der Waals surface area contributed by atoms with Crippen LogP contribution < -0.4 is 0 Å². The Balaban J connectivity index is 2.19. The van der Waals surface area contributed by atoms with Crippen molar-refractivity contribution in [3.63, 3.8) is 0 Å². The van der Waals surface area contributed by atoms with Crippen molar-refractivity contribution in [2.24, 2.45) is 22.7 Å². The maximum Gasteiger partial charge on any atom is 0.303 e. The lowest BCUT2D eigenvalue weighted by Gasteiger charge is -2.34. The molecule has 0 saturated heterocycles. The summed E-state index contributed by atoms with van der Waals surface area (Å²) in [4.78, 5) is 10.7. The molecule has 0 amide bonds. The lowest BCUT2D eigenvalue weighted by Crippen LogP contribution is -2.26. The number of rotatable bonds is 2. The highest BCUT2D eigenvalue weighted by Gasteiger charge is 2.60. The number of carbonyl (C=O) groups is 1. The normalized spacial score (nSPS) is 44.2. The van der Waals surface area contributed by atoms with E-state index >= 15 is 0 Å². The molecule has 0 aromatic heterocycles. The number of carboxylic acids is 1. The molecule has 2 bridgehead atoms. The lowest BCUT2D eigenvalue weighted by atomic mass is 9.71. The quantitative estimate of drug-likeness (QED) is 0.737. The summed E-state index contributed by atoms with van der Waals surface area (Å²) in [6.07, 6.45) is 4.03. The van der Waals surface area contributed by atoms with Gasteiger partial charge in [0.1, 0.15) is 0 Å². The molecule has 3 atom stereocenters. The monoisotopic (exact) mass is 196 g/mol. The Kier molecular flexibility index (Phi) is 1.96. The molecular weight excluding hydrogens is 176 g/mol. The molecule has 80 valence electrons. The number of carboxylic acid groups (broad SMARTS) is 1. The standard InChI is InChI=1S/C12H20O2/c1-11(2)9-4-5-12(11,3)7-8(9)6-10(13)14/h8-9H,4-7H2,1-3H3,(H,13,14)/t8-,9+,12-/m0/s1. The molecule has 2 heteroatoms. The van der Waals surface area contributed by atoms with Crippen molar-refractivity contribution in [3.8, 4) is 0 Å². The van der Waals surface area contributed by atoms with E-state index in [4.69, 9.17) is 5.11 Å². The first-order valence-electron chi connectivity index (χ1n) is 5.59.